The average Bonchev–Trinajstić information content (AvgIpc) is 2.83. The number of rotatable bonds is 6. The van der Waals surface area contributed by atoms with Gasteiger partial charge in [-0.2, -0.15) is 0 Å². The summed E-state index contributed by atoms with van der Waals surface area (Å²) in [6.07, 6.45) is -1.13. The van der Waals surface area contributed by atoms with E-state index in [2.05, 4.69) is 15.5 Å². The summed E-state index contributed by atoms with van der Waals surface area (Å²) in [7, 11) is 0. The van der Waals surface area contributed by atoms with Crippen LogP contribution in [0.15, 0.2) is 10.5 Å². The molecular weight excluding hydrogens is 265 g/mol. The van der Waals surface area contributed by atoms with Crippen LogP contribution in [-0.2, 0) is 14.4 Å². The minimum atomic E-state index is -1.34. The number of alkyl halides is 1. The van der Waals surface area contributed by atoms with E-state index in [9.17, 15) is 14.0 Å². The van der Waals surface area contributed by atoms with Crippen LogP contribution in [0.5, 0.6) is 0 Å². The minimum Gasteiger partial charge on any atom is -0.476 e. The van der Waals surface area contributed by atoms with Crippen molar-refractivity contribution in [1.82, 2.24) is 4.98 Å². The van der Waals surface area contributed by atoms with Crippen molar-refractivity contribution in [3.63, 3.8) is 0 Å². The molecule has 0 radical (unpaired) electrons. The molecule has 2 unspecified atom stereocenters. The topological polar surface area (TPSA) is 101 Å². The molecular formula is C9H8FN3O4S. The molecule has 1 aliphatic carbocycles. The SMILES string of the molecule is O=CNc1nc(C(=NOC2CC2F)C(=O)O)cs1. The summed E-state index contributed by atoms with van der Waals surface area (Å²) in [5.41, 5.74) is -0.378. The fraction of sp³-hybridized carbons (Fsp3) is 0.333. The third kappa shape index (κ3) is 2.80. The van der Waals surface area contributed by atoms with Crippen molar-refractivity contribution in [2.45, 2.75) is 18.7 Å². The minimum absolute atomic E-state index is 0.0490. The molecule has 0 spiro atoms. The zero-order chi connectivity index (χ0) is 13.1. The molecule has 7 nitrogen and oxygen atoms in total. The zero-order valence-electron chi connectivity index (χ0n) is 8.87. The normalized spacial score (nSPS) is 22.4. The summed E-state index contributed by atoms with van der Waals surface area (Å²) in [5, 5.41) is 16.2. The summed E-state index contributed by atoms with van der Waals surface area (Å²) in [4.78, 5) is 29.7. The Morgan fingerprint density at radius 3 is 3.06 bits per heavy atom. The standard InChI is InChI=1S/C9H8FN3O4S/c10-4-1-6(4)17-13-7(8(15)16)5-2-18-9(12-5)11-3-14/h2-4,6H,1H2,(H,15,16)(H,11,12,14). The van der Waals surface area contributed by atoms with Gasteiger partial charge in [0.25, 0.3) is 0 Å². The molecule has 18 heavy (non-hydrogen) atoms. The highest BCUT2D eigenvalue weighted by atomic mass is 32.1. The molecule has 0 bridgehead atoms. The van der Waals surface area contributed by atoms with Gasteiger partial charge in [-0.3, -0.25) is 4.79 Å². The van der Waals surface area contributed by atoms with E-state index in [-0.39, 0.29) is 17.2 Å². The average molecular weight is 273 g/mol. The maximum Gasteiger partial charge on any atom is 0.360 e. The highest BCUT2D eigenvalue weighted by Crippen LogP contribution is 2.29. The second-order valence-electron chi connectivity index (χ2n) is 3.44. The molecule has 1 heterocycles. The Kier molecular flexibility index (Phi) is 3.51. The van der Waals surface area contributed by atoms with E-state index < -0.39 is 24.0 Å². The molecule has 1 saturated carbocycles. The molecule has 2 rings (SSSR count). The van der Waals surface area contributed by atoms with Crippen molar-refractivity contribution in [3.8, 4) is 0 Å². The number of amides is 1. The number of nitrogens with zero attached hydrogens (tertiary/aromatic N) is 2. The number of oxime groups is 1. The zero-order valence-corrected chi connectivity index (χ0v) is 9.69. The first kappa shape index (κ1) is 12.4. The van der Waals surface area contributed by atoms with Crippen molar-refractivity contribution in [3.05, 3.63) is 11.1 Å². The Hall–Kier alpha value is -2.03. The van der Waals surface area contributed by atoms with Crippen LogP contribution in [0.25, 0.3) is 0 Å². The molecule has 96 valence electrons. The number of thiazole rings is 1. The monoisotopic (exact) mass is 273 g/mol. The number of carbonyl (C=O) groups excluding carboxylic acids is 1. The van der Waals surface area contributed by atoms with Gasteiger partial charge in [0.1, 0.15) is 11.9 Å². The molecule has 2 atom stereocenters. The van der Waals surface area contributed by atoms with E-state index in [0.29, 0.717) is 6.41 Å². The highest BCUT2D eigenvalue weighted by molar-refractivity contribution is 7.14. The van der Waals surface area contributed by atoms with Crippen molar-refractivity contribution >= 4 is 34.6 Å². The van der Waals surface area contributed by atoms with Crippen molar-refractivity contribution in [2.24, 2.45) is 5.16 Å². The molecule has 1 aliphatic rings. The van der Waals surface area contributed by atoms with Gasteiger partial charge in [0.15, 0.2) is 11.2 Å². The Labute approximate surface area is 104 Å². The molecule has 1 fully saturated rings. The van der Waals surface area contributed by atoms with Crippen LogP contribution in [-0.4, -0.2) is 40.5 Å². The number of hydrogen-bond donors (Lipinski definition) is 2. The lowest BCUT2D eigenvalue weighted by Crippen LogP contribution is -2.16. The largest absolute Gasteiger partial charge is 0.476 e. The summed E-state index contributed by atoms with van der Waals surface area (Å²) >= 11 is 1.04. The van der Waals surface area contributed by atoms with E-state index in [1.165, 1.54) is 5.38 Å². The second kappa shape index (κ2) is 5.08. The van der Waals surface area contributed by atoms with Gasteiger partial charge in [0, 0.05) is 11.8 Å². The van der Waals surface area contributed by atoms with Crippen LogP contribution in [0.2, 0.25) is 0 Å². The number of anilines is 1. The number of aliphatic carboxylic acids is 1. The lowest BCUT2D eigenvalue weighted by molar-refractivity contribution is -0.129. The second-order valence-corrected chi connectivity index (χ2v) is 4.30. The smallest absolute Gasteiger partial charge is 0.360 e. The predicted molar refractivity (Wildman–Crippen MR) is 60.4 cm³/mol. The fourth-order valence-corrected chi connectivity index (χ4v) is 1.72. The molecule has 1 aromatic rings. The van der Waals surface area contributed by atoms with Gasteiger partial charge in [0.2, 0.25) is 12.1 Å². The van der Waals surface area contributed by atoms with E-state index in [4.69, 9.17) is 9.94 Å². The number of halogens is 1. The predicted octanol–water partition coefficient (Wildman–Crippen LogP) is 0.627. The van der Waals surface area contributed by atoms with Crippen LogP contribution < -0.4 is 5.32 Å². The van der Waals surface area contributed by atoms with Gasteiger partial charge in [-0.15, -0.1) is 11.3 Å². The van der Waals surface area contributed by atoms with Gasteiger partial charge in [-0.25, -0.2) is 14.2 Å². The van der Waals surface area contributed by atoms with Crippen molar-refractivity contribution < 1.29 is 23.9 Å². The van der Waals surface area contributed by atoms with Crippen LogP contribution >= 0.6 is 11.3 Å². The summed E-state index contributed by atoms with van der Waals surface area (Å²) in [6.45, 7) is 0. The maximum atomic E-state index is 12.5. The Balaban J connectivity index is 2.12. The summed E-state index contributed by atoms with van der Waals surface area (Å²) in [5.74, 6) is -1.34. The molecule has 0 saturated heterocycles. The van der Waals surface area contributed by atoms with Crippen LogP contribution in [0.4, 0.5) is 9.52 Å². The fourth-order valence-electron chi connectivity index (χ4n) is 1.07. The lowest BCUT2D eigenvalue weighted by atomic mass is 10.3. The molecule has 0 aromatic carbocycles. The number of carboxylic acid groups (broad SMARTS) is 1. The van der Waals surface area contributed by atoms with Gasteiger partial charge in [0.05, 0.1) is 0 Å². The van der Waals surface area contributed by atoms with Gasteiger partial charge in [-0.1, -0.05) is 5.16 Å². The molecule has 0 aliphatic heterocycles. The van der Waals surface area contributed by atoms with E-state index in [1.807, 2.05) is 0 Å². The van der Waals surface area contributed by atoms with Gasteiger partial charge < -0.3 is 15.3 Å². The maximum absolute atomic E-state index is 12.5. The molecule has 1 amide bonds. The molecule has 2 N–H and O–H groups in total. The molecule has 9 heteroatoms. The van der Waals surface area contributed by atoms with Crippen LogP contribution in [0.1, 0.15) is 12.1 Å². The van der Waals surface area contributed by atoms with E-state index in [1.54, 1.807) is 0 Å². The number of nitrogens with one attached hydrogen (secondary N) is 1. The lowest BCUT2D eigenvalue weighted by Gasteiger charge is -1.98. The highest BCUT2D eigenvalue weighted by Gasteiger charge is 2.41. The summed E-state index contributed by atoms with van der Waals surface area (Å²) in [6, 6.07) is 0. The first-order valence-corrected chi connectivity index (χ1v) is 5.77. The van der Waals surface area contributed by atoms with Crippen LogP contribution in [0, 0.1) is 0 Å². The van der Waals surface area contributed by atoms with Crippen molar-refractivity contribution in [2.75, 3.05) is 5.32 Å². The number of carbonyl (C=O) groups is 2. The third-order valence-electron chi connectivity index (χ3n) is 2.07. The third-order valence-corrected chi connectivity index (χ3v) is 2.84. The van der Waals surface area contributed by atoms with Gasteiger partial charge in [-0.05, 0) is 0 Å². The van der Waals surface area contributed by atoms with Gasteiger partial charge >= 0.3 is 5.97 Å². The number of hydrogen-bond acceptors (Lipinski definition) is 6. The Morgan fingerprint density at radius 1 is 1.78 bits per heavy atom. The quantitative estimate of drug-likeness (QED) is 0.449. The Bertz CT molecular complexity index is 504. The Morgan fingerprint density at radius 2 is 2.50 bits per heavy atom. The van der Waals surface area contributed by atoms with Crippen molar-refractivity contribution in [1.29, 1.82) is 0 Å². The van der Waals surface area contributed by atoms with E-state index in [0.717, 1.165) is 11.3 Å². The number of carboxylic acids is 1. The van der Waals surface area contributed by atoms with E-state index >= 15 is 0 Å². The first-order valence-electron chi connectivity index (χ1n) is 4.89. The molecule has 1 aromatic heterocycles. The first-order chi connectivity index (χ1) is 8.61. The van der Waals surface area contributed by atoms with Crippen LogP contribution in [0.3, 0.4) is 0 Å². The number of aromatic nitrogens is 1. The summed E-state index contributed by atoms with van der Waals surface area (Å²) < 4.78 is 12.5.